The number of hydrogen-bond acceptors (Lipinski definition) is 2. The van der Waals surface area contributed by atoms with E-state index in [1.54, 1.807) is 0 Å². The second kappa shape index (κ2) is 3.14. The largest absolute Gasteiger partial charge is 0.329 e. The molecule has 72 valence electrons. The Hall–Kier alpha value is -0.830. The van der Waals surface area contributed by atoms with Gasteiger partial charge in [-0.1, -0.05) is 13.8 Å². The molecule has 1 aromatic rings. The first kappa shape index (κ1) is 8.75. The highest BCUT2D eigenvalue weighted by Crippen LogP contribution is 2.19. The number of fused-ring (bicyclic) bond motifs is 1. The monoisotopic (exact) mass is 179 g/mol. The molecule has 1 aliphatic rings. The summed E-state index contributed by atoms with van der Waals surface area (Å²) >= 11 is 0. The van der Waals surface area contributed by atoms with Gasteiger partial charge in [0.1, 0.15) is 5.82 Å². The van der Waals surface area contributed by atoms with E-state index >= 15 is 0 Å². The fourth-order valence-electron chi connectivity index (χ4n) is 1.87. The van der Waals surface area contributed by atoms with Gasteiger partial charge < -0.3 is 4.57 Å². The van der Waals surface area contributed by atoms with Crippen molar-refractivity contribution in [1.29, 1.82) is 0 Å². The highest BCUT2D eigenvalue weighted by atomic mass is 15.2. The summed E-state index contributed by atoms with van der Waals surface area (Å²) in [6, 6.07) is 0. The SMILES string of the molecule is CC(C)c1cnc2n1CCN(C)C2. The summed E-state index contributed by atoms with van der Waals surface area (Å²) in [5.41, 5.74) is 1.38. The zero-order chi connectivity index (χ0) is 9.42. The molecule has 0 saturated heterocycles. The predicted molar refractivity (Wildman–Crippen MR) is 52.7 cm³/mol. The lowest BCUT2D eigenvalue weighted by Gasteiger charge is -2.25. The molecule has 0 unspecified atom stereocenters. The third kappa shape index (κ3) is 1.48. The second-order valence-corrected chi connectivity index (χ2v) is 4.14. The van der Waals surface area contributed by atoms with Gasteiger partial charge in [-0.3, -0.25) is 4.90 Å². The maximum absolute atomic E-state index is 4.45. The molecule has 0 saturated carbocycles. The molecule has 2 heterocycles. The Kier molecular flexibility index (Phi) is 2.12. The van der Waals surface area contributed by atoms with Crippen molar-refractivity contribution < 1.29 is 0 Å². The maximum Gasteiger partial charge on any atom is 0.123 e. The molecule has 0 fully saturated rings. The van der Waals surface area contributed by atoms with Crippen molar-refractivity contribution in [3.63, 3.8) is 0 Å². The molecule has 3 heteroatoms. The van der Waals surface area contributed by atoms with Gasteiger partial charge in [-0.25, -0.2) is 4.98 Å². The third-order valence-corrected chi connectivity index (χ3v) is 2.68. The van der Waals surface area contributed by atoms with Gasteiger partial charge in [-0.15, -0.1) is 0 Å². The highest BCUT2D eigenvalue weighted by Gasteiger charge is 2.17. The quantitative estimate of drug-likeness (QED) is 0.650. The van der Waals surface area contributed by atoms with E-state index in [1.165, 1.54) is 11.5 Å². The normalized spacial score (nSPS) is 17.8. The van der Waals surface area contributed by atoms with E-state index in [-0.39, 0.29) is 0 Å². The van der Waals surface area contributed by atoms with Crippen LogP contribution in [0.1, 0.15) is 31.3 Å². The van der Waals surface area contributed by atoms with Crippen LogP contribution in [0.4, 0.5) is 0 Å². The van der Waals surface area contributed by atoms with Crippen molar-refractivity contribution >= 4 is 0 Å². The summed E-state index contributed by atoms with van der Waals surface area (Å²) in [6.07, 6.45) is 2.03. The molecule has 0 amide bonds. The Morgan fingerprint density at radius 3 is 2.85 bits per heavy atom. The van der Waals surface area contributed by atoms with E-state index in [1.807, 2.05) is 6.20 Å². The fourth-order valence-corrected chi connectivity index (χ4v) is 1.87. The Labute approximate surface area is 79.4 Å². The summed E-state index contributed by atoms with van der Waals surface area (Å²) in [5, 5.41) is 0. The minimum Gasteiger partial charge on any atom is -0.329 e. The number of rotatable bonds is 1. The molecule has 0 spiro atoms. The Morgan fingerprint density at radius 1 is 1.38 bits per heavy atom. The number of nitrogens with zero attached hydrogens (tertiary/aromatic N) is 3. The van der Waals surface area contributed by atoms with Crippen LogP contribution < -0.4 is 0 Å². The molecule has 0 bridgehead atoms. The molecule has 0 radical (unpaired) electrons. The van der Waals surface area contributed by atoms with Crippen molar-refractivity contribution in [2.45, 2.75) is 32.9 Å². The molecule has 0 N–H and O–H groups in total. The number of hydrogen-bond donors (Lipinski definition) is 0. The summed E-state index contributed by atoms with van der Waals surface area (Å²) in [5.74, 6) is 1.81. The molecule has 1 aromatic heterocycles. The summed E-state index contributed by atoms with van der Waals surface area (Å²) in [7, 11) is 2.15. The smallest absolute Gasteiger partial charge is 0.123 e. The lowest BCUT2D eigenvalue weighted by molar-refractivity contribution is 0.261. The number of imidazole rings is 1. The Balaban J connectivity index is 2.33. The Morgan fingerprint density at radius 2 is 2.15 bits per heavy atom. The zero-order valence-corrected chi connectivity index (χ0v) is 8.62. The van der Waals surface area contributed by atoms with Crippen molar-refractivity contribution in [2.75, 3.05) is 13.6 Å². The first-order chi connectivity index (χ1) is 6.18. The van der Waals surface area contributed by atoms with Gasteiger partial charge in [0, 0.05) is 25.0 Å². The third-order valence-electron chi connectivity index (χ3n) is 2.68. The van der Waals surface area contributed by atoms with Gasteiger partial charge in [0.15, 0.2) is 0 Å². The molecule has 1 aliphatic heterocycles. The van der Waals surface area contributed by atoms with Crippen molar-refractivity contribution in [2.24, 2.45) is 0 Å². The van der Waals surface area contributed by atoms with Crippen LogP contribution in [-0.2, 0) is 13.1 Å². The van der Waals surface area contributed by atoms with E-state index in [2.05, 4.69) is 35.3 Å². The van der Waals surface area contributed by atoms with Gasteiger partial charge in [-0.05, 0) is 13.0 Å². The topological polar surface area (TPSA) is 21.1 Å². The van der Waals surface area contributed by atoms with E-state index in [0.29, 0.717) is 5.92 Å². The zero-order valence-electron chi connectivity index (χ0n) is 8.62. The van der Waals surface area contributed by atoms with Crippen LogP contribution in [0.15, 0.2) is 6.20 Å². The van der Waals surface area contributed by atoms with Crippen LogP contribution in [0.5, 0.6) is 0 Å². The van der Waals surface area contributed by atoms with E-state index in [9.17, 15) is 0 Å². The fraction of sp³-hybridized carbons (Fsp3) is 0.700. The molecular formula is C10H17N3. The average molecular weight is 179 g/mol. The summed E-state index contributed by atoms with van der Waals surface area (Å²) < 4.78 is 2.37. The molecule has 0 aliphatic carbocycles. The van der Waals surface area contributed by atoms with Gasteiger partial charge in [0.05, 0.1) is 6.54 Å². The molecule has 3 nitrogen and oxygen atoms in total. The molecular weight excluding hydrogens is 162 g/mol. The van der Waals surface area contributed by atoms with Crippen LogP contribution >= 0.6 is 0 Å². The van der Waals surface area contributed by atoms with Crippen LogP contribution in [0.3, 0.4) is 0 Å². The standard InChI is InChI=1S/C10H17N3/c1-8(2)9-6-11-10-7-12(3)4-5-13(9)10/h6,8H,4-5,7H2,1-3H3. The predicted octanol–water partition coefficient (Wildman–Crippen LogP) is 1.45. The van der Waals surface area contributed by atoms with Crippen molar-refractivity contribution in [3.8, 4) is 0 Å². The molecule has 0 aromatic carbocycles. The average Bonchev–Trinajstić information content (AvgIpc) is 2.46. The highest BCUT2D eigenvalue weighted by molar-refractivity contribution is 5.10. The van der Waals surface area contributed by atoms with Gasteiger partial charge in [0.2, 0.25) is 0 Å². The maximum atomic E-state index is 4.45. The summed E-state index contributed by atoms with van der Waals surface area (Å²) in [6.45, 7) is 7.68. The number of aromatic nitrogens is 2. The lowest BCUT2D eigenvalue weighted by atomic mass is 10.1. The van der Waals surface area contributed by atoms with E-state index < -0.39 is 0 Å². The van der Waals surface area contributed by atoms with Crippen LogP contribution in [0.25, 0.3) is 0 Å². The van der Waals surface area contributed by atoms with Crippen LogP contribution in [0, 0.1) is 0 Å². The van der Waals surface area contributed by atoms with E-state index in [4.69, 9.17) is 0 Å². The van der Waals surface area contributed by atoms with Crippen molar-refractivity contribution in [3.05, 3.63) is 17.7 Å². The van der Waals surface area contributed by atoms with Crippen LogP contribution in [0.2, 0.25) is 0 Å². The van der Waals surface area contributed by atoms with Crippen LogP contribution in [-0.4, -0.2) is 28.0 Å². The number of likely N-dealkylation sites (N-methyl/N-ethyl adjacent to an activating group) is 1. The molecule has 13 heavy (non-hydrogen) atoms. The van der Waals surface area contributed by atoms with Gasteiger partial charge in [0.25, 0.3) is 0 Å². The van der Waals surface area contributed by atoms with E-state index in [0.717, 1.165) is 19.6 Å². The summed E-state index contributed by atoms with van der Waals surface area (Å²) in [4.78, 5) is 6.76. The van der Waals surface area contributed by atoms with Crippen molar-refractivity contribution in [1.82, 2.24) is 14.5 Å². The minimum absolute atomic E-state index is 0.588. The Bertz CT molecular complexity index is 301. The minimum atomic E-state index is 0.588. The van der Waals surface area contributed by atoms with Gasteiger partial charge in [-0.2, -0.15) is 0 Å². The first-order valence-electron chi connectivity index (χ1n) is 4.91. The molecule has 2 rings (SSSR count). The second-order valence-electron chi connectivity index (χ2n) is 4.14. The lowest BCUT2D eigenvalue weighted by Crippen LogP contribution is -2.31. The van der Waals surface area contributed by atoms with Gasteiger partial charge >= 0.3 is 0 Å². The first-order valence-corrected chi connectivity index (χ1v) is 4.91. The molecule has 0 atom stereocenters.